The summed E-state index contributed by atoms with van der Waals surface area (Å²) in [6, 6.07) is 7.86. The highest BCUT2D eigenvalue weighted by Gasteiger charge is 2.18. The molecule has 0 fully saturated rings. The van der Waals surface area contributed by atoms with Crippen molar-refractivity contribution in [3.05, 3.63) is 61.0 Å². The molecule has 3 aromatic rings. The Kier molecular flexibility index (Phi) is 7.34. The fourth-order valence-corrected chi connectivity index (χ4v) is 4.39. The van der Waals surface area contributed by atoms with E-state index in [1.54, 1.807) is 0 Å². The van der Waals surface area contributed by atoms with E-state index in [2.05, 4.69) is 31.8 Å². The maximum Gasteiger partial charge on any atom is 0.333 e. The molecule has 0 radical (unpaired) electrons. The number of unbranched alkanes of at least 4 members (excludes halogenated alkanes) is 1. The van der Waals surface area contributed by atoms with Crippen molar-refractivity contribution >= 4 is 34.7 Å². The van der Waals surface area contributed by atoms with Gasteiger partial charge in [0.25, 0.3) is 5.56 Å². The van der Waals surface area contributed by atoms with Gasteiger partial charge in [-0.3, -0.25) is 13.9 Å². The number of nitrogens with one attached hydrogen (secondary N) is 1. The first kappa shape index (κ1) is 23.2. The second-order valence-corrected chi connectivity index (χ2v) is 9.83. The lowest BCUT2D eigenvalue weighted by atomic mass is 10.1. The molecule has 3 N–H and O–H groups in total. The fourth-order valence-electron chi connectivity index (χ4n) is 3.31. The summed E-state index contributed by atoms with van der Waals surface area (Å²) in [5.41, 5.74) is 0.384. The standard InChI is InChI=1S/C20H22BrN4O5P/c1-2-10-25-19(26)17-18(24(20(25)27)11-3-4-12-31(28,29)30)23-16(22-17)9-8-14-6-5-7-15(21)13-14/h1,5-7,13H,3-4,8-12H2,(H,22,23)(H2,28,29,30). The Bertz CT molecular complexity index is 1300. The summed E-state index contributed by atoms with van der Waals surface area (Å²) in [5, 5.41) is 0. The molecule has 1 aromatic carbocycles. The van der Waals surface area contributed by atoms with E-state index in [0.717, 1.165) is 14.6 Å². The number of benzene rings is 1. The van der Waals surface area contributed by atoms with Crippen molar-refractivity contribution < 1.29 is 14.4 Å². The summed E-state index contributed by atoms with van der Waals surface area (Å²) >= 11 is 3.44. The van der Waals surface area contributed by atoms with Crippen LogP contribution in [0.1, 0.15) is 24.2 Å². The first-order chi connectivity index (χ1) is 14.7. The fraction of sp³-hybridized carbons (Fsp3) is 0.350. The minimum absolute atomic E-state index is 0.163. The molecule has 2 heterocycles. The molecule has 0 aliphatic heterocycles. The number of halogens is 1. The van der Waals surface area contributed by atoms with Crippen molar-refractivity contribution in [2.75, 3.05) is 6.16 Å². The van der Waals surface area contributed by atoms with E-state index >= 15 is 0 Å². The molecule has 0 saturated carbocycles. The van der Waals surface area contributed by atoms with Crippen molar-refractivity contribution in [3.8, 4) is 12.3 Å². The van der Waals surface area contributed by atoms with E-state index < -0.39 is 18.8 Å². The van der Waals surface area contributed by atoms with Crippen LogP contribution in [0, 0.1) is 12.3 Å². The Morgan fingerprint density at radius 1 is 1.19 bits per heavy atom. The van der Waals surface area contributed by atoms with Gasteiger partial charge < -0.3 is 14.8 Å². The van der Waals surface area contributed by atoms with Gasteiger partial charge >= 0.3 is 13.3 Å². The number of aromatic nitrogens is 4. The number of hydrogen-bond acceptors (Lipinski definition) is 4. The largest absolute Gasteiger partial charge is 0.336 e. The first-order valence-electron chi connectivity index (χ1n) is 9.64. The second kappa shape index (κ2) is 9.79. The van der Waals surface area contributed by atoms with Crippen LogP contribution in [0.3, 0.4) is 0 Å². The average Bonchev–Trinajstić information content (AvgIpc) is 3.12. The zero-order valence-corrected chi connectivity index (χ0v) is 19.1. The van der Waals surface area contributed by atoms with Crippen LogP contribution in [0.2, 0.25) is 0 Å². The molecule has 0 aliphatic rings. The van der Waals surface area contributed by atoms with E-state index in [9.17, 15) is 14.2 Å². The van der Waals surface area contributed by atoms with Gasteiger partial charge in [0.1, 0.15) is 11.3 Å². The van der Waals surface area contributed by atoms with Gasteiger partial charge in [0.2, 0.25) is 0 Å². The van der Waals surface area contributed by atoms with E-state index in [4.69, 9.17) is 16.2 Å². The van der Waals surface area contributed by atoms with Gasteiger partial charge in [-0.2, -0.15) is 0 Å². The van der Waals surface area contributed by atoms with Crippen LogP contribution >= 0.6 is 23.5 Å². The van der Waals surface area contributed by atoms with Gasteiger partial charge in [0.15, 0.2) is 5.65 Å². The van der Waals surface area contributed by atoms with Crippen LogP contribution < -0.4 is 11.2 Å². The molecule has 11 heteroatoms. The Balaban J connectivity index is 1.92. The summed E-state index contributed by atoms with van der Waals surface area (Å²) in [6.45, 7) is -0.0153. The Labute approximate surface area is 186 Å². The number of aryl methyl sites for hydroxylation is 3. The molecule has 3 rings (SSSR count). The molecule has 31 heavy (non-hydrogen) atoms. The monoisotopic (exact) mass is 508 g/mol. The number of hydrogen-bond donors (Lipinski definition) is 3. The normalized spacial score (nSPS) is 11.7. The first-order valence-corrected chi connectivity index (χ1v) is 12.2. The van der Waals surface area contributed by atoms with Crippen molar-refractivity contribution in [1.29, 1.82) is 0 Å². The third-order valence-electron chi connectivity index (χ3n) is 4.78. The Hall–Kier alpha value is -2.44. The molecule has 0 aliphatic carbocycles. The lowest BCUT2D eigenvalue weighted by Gasteiger charge is -2.10. The second-order valence-electron chi connectivity index (χ2n) is 7.14. The summed E-state index contributed by atoms with van der Waals surface area (Å²) in [5.74, 6) is 2.88. The topological polar surface area (TPSA) is 130 Å². The van der Waals surface area contributed by atoms with Gasteiger partial charge in [-0.1, -0.05) is 34.0 Å². The zero-order valence-electron chi connectivity index (χ0n) is 16.6. The number of imidazole rings is 1. The summed E-state index contributed by atoms with van der Waals surface area (Å²) in [4.78, 5) is 51.1. The maximum absolute atomic E-state index is 12.8. The molecule has 9 nitrogen and oxygen atoms in total. The van der Waals surface area contributed by atoms with Gasteiger partial charge in [0.05, 0.1) is 6.54 Å². The summed E-state index contributed by atoms with van der Waals surface area (Å²) < 4.78 is 14.3. The van der Waals surface area contributed by atoms with Gasteiger partial charge in [-0.05, 0) is 37.0 Å². The number of fused-ring (bicyclic) bond motifs is 1. The number of terminal acetylenes is 1. The number of nitrogens with zero attached hydrogens (tertiary/aromatic N) is 3. The van der Waals surface area contributed by atoms with E-state index in [-0.39, 0.29) is 36.8 Å². The average molecular weight is 509 g/mol. The number of rotatable bonds is 9. The molecule has 0 atom stereocenters. The van der Waals surface area contributed by atoms with Crippen molar-refractivity contribution in [2.24, 2.45) is 0 Å². The molecular weight excluding hydrogens is 487 g/mol. The van der Waals surface area contributed by atoms with Crippen LogP contribution in [-0.2, 0) is 30.5 Å². The molecule has 0 bridgehead atoms. The predicted octanol–water partition coefficient (Wildman–Crippen LogP) is 2.03. The molecule has 0 spiro atoms. The minimum atomic E-state index is -4.11. The van der Waals surface area contributed by atoms with Crippen molar-refractivity contribution in [2.45, 2.75) is 38.8 Å². The highest BCUT2D eigenvalue weighted by molar-refractivity contribution is 9.10. The van der Waals surface area contributed by atoms with Crippen LogP contribution in [-0.4, -0.2) is 35.1 Å². The SMILES string of the molecule is C#CCn1c(=O)c2[nH]c(CCc3cccc(Br)c3)nc2n(CCCCP(=O)(O)O)c1=O. The zero-order chi connectivity index (χ0) is 22.6. The highest BCUT2D eigenvalue weighted by atomic mass is 79.9. The van der Waals surface area contributed by atoms with Crippen LogP contribution in [0.25, 0.3) is 11.2 Å². The van der Waals surface area contributed by atoms with Gasteiger partial charge in [-0.25, -0.2) is 14.3 Å². The van der Waals surface area contributed by atoms with Gasteiger partial charge in [0, 0.05) is 23.6 Å². The van der Waals surface area contributed by atoms with Crippen molar-refractivity contribution in [1.82, 2.24) is 19.1 Å². The smallest absolute Gasteiger partial charge is 0.333 e. The van der Waals surface area contributed by atoms with Gasteiger partial charge in [-0.15, -0.1) is 6.42 Å². The lowest BCUT2D eigenvalue weighted by molar-refractivity contribution is 0.370. The van der Waals surface area contributed by atoms with E-state index in [1.165, 1.54) is 4.57 Å². The maximum atomic E-state index is 12.8. The lowest BCUT2D eigenvalue weighted by Crippen LogP contribution is -2.40. The number of H-pyrrole nitrogens is 1. The summed E-state index contributed by atoms with van der Waals surface area (Å²) in [6.07, 6.45) is 6.84. The van der Waals surface area contributed by atoms with E-state index in [1.807, 2.05) is 24.3 Å². The van der Waals surface area contributed by atoms with Crippen LogP contribution in [0.4, 0.5) is 0 Å². The van der Waals surface area contributed by atoms with Crippen molar-refractivity contribution in [3.63, 3.8) is 0 Å². The summed E-state index contributed by atoms with van der Waals surface area (Å²) in [7, 11) is -4.11. The highest BCUT2D eigenvalue weighted by Crippen LogP contribution is 2.35. The molecule has 0 unspecified atom stereocenters. The molecule has 164 valence electrons. The minimum Gasteiger partial charge on any atom is -0.336 e. The third-order valence-corrected chi connectivity index (χ3v) is 6.17. The molecular formula is C20H22BrN4O5P. The molecule has 2 aromatic heterocycles. The molecule has 0 amide bonds. The van der Waals surface area contributed by atoms with Crippen LogP contribution in [0.5, 0.6) is 0 Å². The van der Waals surface area contributed by atoms with Crippen LogP contribution in [0.15, 0.2) is 38.3 Å². The Morgan fingerprint density at radius 3 is 2.65 bits per heavy atom. The predicted molar refractivity (Wildman–Crippen MR) is 121 cm³/mol. The third kappa shape index (κ3) is 5.83. The number of aromatic amines is 1. The Morgan fingerprint density at radius 2 is 1.97 bits per heavy atom. The quantitative estimate of drug-likeness (QED) is 0.230. The molecule has 0 saturated heterocycles. The van der Waals surface area contributed by atoms with E-state index in [0.29, 0.717) is 25.1 Å².